The molecule has 1 heterocycles. The van der Waals surface area contributed by atoms with E-state index < -0.39 is 11.7 Å². The molecule has 0 saturated heterocycles. The highest BCUT2D eigenvalue weighted by Crippen LogP contribution is 2.44. The van der Waals surface area contributed by atoms with E-state index in [9.17, 15) is 4.79 Å². The first kappa shape index (κ1) is 19.0. The Kier molecular flexibility index (Phi) is 5.76. The van der Waals surface area contributed by atoms with E-state index in [1.807, 2.05) is 46.0 Å². The van der Waals surface area contributed by atoms with E-state index >= 15 is 0 Å². The molecule has 26 heavy (non-hydrogen) atoms. The van der Waals surface area contributed by atoms with Crippen LogP contribution in [0, 0.1) is 5.92 Å². The van der Waals surface area contributed by atoms with E-state index in [1.54, 1.807) is 0 Å². The topological polar surface area (TPSA) is 56.8 Å². The zero-order valence-corrected chi connectivity index (χ0v) is 16.3. The molecule has 0 radical (unpaired) electrons. The summed E-state index contributed by atoms with van der Waals surface area (Å²) in [6.07, 6.45) is 4.46. The number of benzene rings is 1. The van der Waals surface area contributed by atoms with Gasteiger partial charge < -0.3 is 19.5 Å². The molecule has 1 saturated carbocycles. The van der Waals surface area contributed by atoms with Crippen LogP contribution in [0.4, 0.5) is 5.69 Å². The number of hydrogen-bond acceptors (Lipinski definition) is 5. The van der Waals surface area contributed by atoms with Gasteiger partial charge in [-0.05, 0) is 51.8 Å². The molecule has 3 rings (SSSR count). The standard InChI is InChI=1S/C21H31NO4/c1-5-24-18-16-13-15(22-4)11-12-17(16)26-21(2,3)19(18)25-20(23)14-9-7-6-8-10-14/h11-14,18-19,22H,5-10H2,1-4H3. The van der Waals surface area contributed by atoms with Gasteiger partial charge in [-0.3, -0.25) is 4.79 Å². The maximum atomic E-state index is 12.8. The number of nitrogens with one attached hydrogen (secondary N) is 1. The Morgan fingerprint density at radius 2 is 2.00 bits per heavy atom. The van der Waals surface area contributed by atoms with Crippen LogP contribution >= 0.6 is 0 Å². The molecule has 2 unspecified atom stereocenters. The van der Waals surface area contributed by atoms with Gasteiger partial charge in [0.2, 0.25) is 0 Å². The van der Waals surface area contributed by atoms with E-state index in [0.717, 1.165) is 42.7 Å². The van der Waals surface area contributed by atoms with Crippen molar-refractivity contribution in [2.24, 2.45) is 5.92 Å². The Hall–Kier alpha value is -1.75. The molecule has 144 valence electrons. The maximum absolute atomic E-state index is 12.8. The Balaban J connectivity index is 1.89. The van der Waals surface area contributed by atoms with Crippen LogP contribution in [0.5, 0.6) is 5.75 Å². The van der Waals surface area contributed by atoms with E-state index in [0.29, 0.717) is 6.61 Å². The molecule has 0 spiro atoms. The predicted octanol–water partition coefficient (Wildman–Crippen LogP) is 4.47. The van der Waals surface area contributed by atoms with E-state index in [2.05, 4.69) is 5.32 Å². The van der Waals surface area contributed by atoms with Crippen molar-refractivity contribution in [2.75, 3.05) is 19.0 Å². The van der Waals surface area contributed by atoms with Crippen molar-refractivity contribution in [2.45, 2.75) is 70.7 Å². The molecule has 5 nitrogen and oxygen atoms in total. The fourth-order valence-electron chi connectivity index (χ4n) is 4.01. The zero-order valence-electron chi connectivity index (χ0n) is 16.3. The van der Waals surface area contributed by atoms with E-state index in [-0.39, 0.29) is 18.0 Å². The predicted molar refractivity (Wildman–Crippen MR) is 102 cm³/mol. The van der Waals surface area contributed by atoms with Gasteiger partial charge in [0.15, 0.2) is 6.10 Å². The van der Waals surface area contributed by atoms with Crippen molar-refractivity contribution in [3.63, 3.8) is 0 Å². The van der Waals surface area contributed by atoms with Crippen molar-refractivity contribution in [3.8, 4) is 5.75 Å². The normalized spacial score (nSPS) is 25.1. The van der Waals surface area contributed by atoms with Crippen LogP contribution in [0.1, 0.15) is 64.5 Å². The molecule has 1 aliphatic heterocycles. The van der Waals surface area contributed by atoms with Gasteiger partial charge in [0.25, 0.3) is 0 Å². The highest BCUT2D eigenvalue weighted by Gasteiger charge is 2.48. The number of esters is 1. The van der Waals surface area contributed by atoms with Crippen LogP contribution in [-0.4, -0.2) is 31.3 Å². The summed E-state index contributed by atoms with van der Waals surface area (Å²) in [5.74, 6) is 0.689. The molecule has 0 amide bonds. The van der Waals surface area contributed by atoms with E-state index in [1.165, 1.54) is 6.42 Å². The molecule has 1 aromatic rings. The summed E-state index contributed by atoms with van der Waals surface area (Å²) in [7, 11) is 1.88. The summed E-state index contributed by atoms with van der Waals surface area (Å²) in [5.41, 5.74) is 1.26. The third-order valence-electron chi connectivity index (χ3n) is 5.47. The van der Waals surface area contributed by atoms with Gasteiger partial charge in [-0.2, -0.15) is 0 Å². The summed E-state index contributed by atoms with van der Waals surface area (Å²) in [6.45, 7) is 6.44. The minimum absolute atomic E-state index is 0.00636. The second-order valence-electron chi connectivity index (χ2n) is 7.78. The van der Waals surface area contributed by atoms with Crippen LogP contribution in [0.2, 0.25) is 0 Å². The molecule has 1 aromatic carbocycles. The van der Waals surface area contributed by atoms with Crippen LogP contribution in [0.15, 0.2) is 18.2 Å². The average molecular weight is 361 g/mol. The molecule has 1 aliphatic carbocycles. The first-order valence-electron chi connectivity index (χ1n) is 9.79. The van der Waals surface area contributed by atoms with Gasteiger partial charge in [-0.15, -0.1) is 0 Å². The first-order valence-corrected chi connectivity index (χ1v) is 9.79. The molecule has 5 heteroatoms. The van der Waals surface area contributed by atoms with Crippen LogP contribution in [0.25, 0.3) is 0 Å². The molecule has 0 aromatic heterocycles. The molecule has 2 aliphatic rings. The van der Waals surface area contributed by atoms with Gasteiger partial charge in [-0.25, -0.2) is 0 Å². The second-order valence-corrected chi connectivity index (χ2v) is 7.78. The van der Waals surface area contributed by atoms with Crippen LogP contribution in [-0.2, 0) is 14.3 Å². The Morgan fingerprint density at radius 1 is 1.27 bits per heavy atom. The molecule has 0 bridgehead atoms. The number of carbonyl (C=O) groups is 1. The Bertz CT molecular complexity index is 637. The molecule has 2 atom stereocenters. The van der Waals surface area contributed by atoms with E-state index in [4.69, 9.17) is 14.2 Å². The summed E-state index contributed by atoms with van der Waals surface area (Å²) in [5, 5.41) is 3.15. The highest BCUT2D eigenvalue weighted by atomic mass is 16.6. The quantitative estimate of drug-likeness (QED) is 0.784. The van der Waals surface area contributed by atoms with Crippen molar-refractivity contribution < 1.29 is 19.0 Å². The number of carbonyl (C=O) groups excluding carboxylic acids is 1. The van der Waals surface area contributed by atoms with Gasteiger partial charge in [-0.1, -0.05) is 19.3 Å². The average Bonchev–Trinajstić information content (AvgIpc) is 2.64. The van der Waals surface area contributed by atoms with Gasteiger partial charge >= 0.3 is 5.97 Å². The van der Waals surface area contributed by atoms with Crippen molar-refractivity contribution in [1.82, 2.24) is 0 Å². The molecular weight excluding hydrogens is 330 g/mol. The third-order valence-corrected chi connectivity index (χ3v) is 5.47. The lowest BCUT2D eigenvalue weighted by molar-refractivity contribution is -0.188. The largest absolute Gasteiger partial charge is 0.483 e. The lowest BCUT2D eigenvalue weighted by atomic mass is 9.86. The summed E-state index contributed by atoms with van der Waals surface area (Å²) in [4.78, 5) is 12.8. The summed E-state index contributed by atoms with van der Waals surface area (Å²) < 4.78 is 18.3. The number of ether oxygens (including phenoxy) is 3. The van der Waals surface area contributed by atoms with Gasteiger partial charge in [0.1, 0.15) is 17.5 Å². The Morgan fingerprint density at radius 3 is 2.65 bits per heavy atom. The van der Waals surface area contributed by atoms with Crippen molar-refractivity contribution in [3.05, 3.63) is 23.8 Å². The number of fused-ring (bicyclic) bond motifs is 1. The minimum Gasteiger partial charge on any atom is -0.483 e. The monoisotopic (exact) mass is 361 g/mol. The second kappa shape index (κ2) is 7.87. The SMILES string of the molecule is CCOC1c2cc(NC)ccc2OC(C)(C)C1OC(=O)C1CCCCC1. The molecule has 1 fully saturated rings. The minimum atomic E-state index is -0.654. The smallest absolute Gasteiger partial charge is 0.309 e. The van der Waals surface area contributed by atoms with Crippen molar-refractivity contribution in [1.29, 1.82) is 0 Å². The highest BCUT2D eigenvalue weighted by molar-refractivity contribution is 5.73. The lowest BCUT2D eigenvalue weighted by Gasteiger charge is -2.44. The number of rotatable bonds is 5. The first-order chi connectivity index (χ1) is 12.5. The van der Waals surface area contributed by atoms with Crippen LogP contribution < -0.4 is 10.1 Å². The summed E-state index contributed by atoms with van der Waals surface area (Å²) in [6, 6.07) is 5.95. The number of anilines is 1. The lowest BCUT2D eigenvalue weighted by Crippen LogP contribution is -2.52. The summed E-state index contributed by atoms with van der Waals surface area (Å²) >= 11 is 0. The van der Waals surface area contributed by atoms with Crippen molar-refractivity contribution >= 4 is 11.7 Å². The van der Waals surface area contributed by atoms with Gasteiger partial charge in [0, 0.05) is 24.9 Å². The zero-order chi connectivity index (χ0) is 18.7. The molecular formula is C21H31NO4. The van der Waals surface area contributed by atoms with Crippen LogP contribution in [0.3, 0.4) is 0 Å². The fraction of sp³-hybridized carbons (Fsp3) is 0.667. The number of hydrogen-bond donors (Lipinski definition) is 1. The fourth-order valence-corrected chi connectivity index (χ4v) is 4.01. The molecule has 1 N–H and O–H groups in total. The third kappa shape index (κ3) is 3.83. The maximum Gasteiger partial charge on any atom is 0.309 e. The van der Waals surface area contributed by atoms with Gasteiger partial charge in [0.05, 0.1) is 5.92 Å². The Labute approximate surface area is 156 Å².